The number of hydrogen-bond donors (Lipinski definition) is 1. The van der Waals surface area contributed by atoms with Crippen LogP contribution in [-0.2, 0) is 9.53 Å². The van der Waals surface area contributed by atoms with Crippen molar-refractivity contribution in [2.75, 3.05) is 38.0 Å². The van der Waals surface area contributed by atoms with E-state index in [1.165, 1.54) is 12.8 Å². The van der Waals surface area contributed by atoms with Crippen LogP contribution in [0.5, 0.6) is 0 Å². The Morgan fingerprint density at radius 2 is 1.88 bits per heavy atom. The Morgan fingerprint density at radius 3 is 2.59 bits per heavy atom. The average molecular weight is 438 g/mol. The maximum Gasteiger partial charge on any atom is 0.239 e. The van der Waals surface area contributed by atoms with E-state index in [2.05, 4.69) is 35.0 Å². The summed E-state index contributed by atoms with van der Waals surface area (Å²) in [6.45, 7) is 8.67. The number of nitrogens with one attached hydrogen (secondary N) is 1. The summed E-state index contributed by atoms with van der Waals surface area (Å²) in [4.78, 5) is 17.9. The van der Waals surface area contributed by atoms with Gasteiger partial charge in [0.1, 0.15) is 5.82 Å². The standard InChI is InChI=1S/C25H35N5O2/c1-18-14-28(15-19(2)32-18)16-22-9-6-12-29(22)17-25(31)26-24-13-23(20-10-11-20)27-30(24)21-7-4-3-5-8-21/h3-5,7-8,13,18-20,22H,6,9-12,14-17H2,1-2H3,(H,26,31). The monoisotopic (exact) mass is 437 g/mol. The predicted octanol–water partition coefficient (Wildman–Crippen LogP) is 3.26. The van der Waals surface area contributed by atoms with Gasteiger partial charge in [0.2, 0.25) is 5.91 Å². The number of hydrogen-bond acceptors (Lipinski definition) is 5. The Balaban J connectivity index is 1.23. The third-order valence-electron chi connectivity index (χ3n) is 6.80. The first-order chi connectivity index (χ1) is 15.5. The van der Waals surface area contributed by atoms with Gasteiger partial charge >= 0.3 is 0 Å². The van der Waals surface area contributed by atoms with Gasteiger partial charge in [-0.1, -0.05) is 18.2 Å². The minimum Gasteiger partial charge on any atom is -0.373 e. The predicted molar refractivity (Wildman–Crippen MR) is 125 cm³/mol. The van der Waals surface area contributed by atoms with Crippen molar-refractivity contribution < 1.29 is 9.53 Å². The van der Waals surface area contributed by atoms with E-state index in [0.29, 0.717) is 18.5 Å². The fraction of sp³-hybridized carbons (Fsp3) is 0.600. The van der Waals surface area contributed by atoms with Crippen LogP contribution in [0.2, 0.25) is 0 Å². The van der Waals surface area contributed by atoms with Crippen molar-refractivity contribution in [2.45, 2.75) is 63.7 Å². The lowest BCUT2D eigenvalue weighted by atomic mass is 10.1. The van der Waals surface area contributed by atoms with Crippen LogP contribution in [0.1, 0.15) is 51.1 Å². The summed E-state index contributed by atoms with van der Waals surface area (Å²) in [5.74, 6) is 1.35. The maximum atomic E-state index is 13.1. The van der Waals surface area contributed by atoms with Crippen molar-refractivity contribution in [3.05, 3.63) is 42.1 Å². The average Bonchev–Trinajstić information content (AvgIpc) is 3.40. The van der Waals surface area contributed by atoms with E-state index in [4.69, 9.17) is 9.84 Å². The Bertz CT molecular complexity index is 916. The molecule has 0 radical (unpaired) electrons. The molecule has 3 fully saturated rings. The van der Waals surface area contributed by atoms with Crippen molar-refractivity contribution in [1.82, 2.24) is 19.6 Å². The maximum absolute atomic E-state index is 13.1. The Labute approximate surface area is 190 Å². The van der Waals surface area contributed by atoms with E-state index >= 15 is 0 Å². The minimum atomic E-state index is 0.0417. The number of likely N-dealkylation sites (tertiary alicyclic amines) is 1. The first-order valence-electron chi connectivity index (χ1n) is 12.1. The highest BCUT2D eigenvalue weighted by Crippen LogP contribution is 2.40. The summed E-state index contributed by atoms with van der Waals surface area (Å²) in [6.07, 6.45) is 5.23. The van der Waals surface area contributed by atoms with Crippen LogP contribution in [0.15, 0.2) is 36.4 Å². The molecule has 3 aliphatic rings. The van der Waals surface area contributed by atoms with Crippen LogP contribution in [0.3, 0.4) is 0 Å². The number of morpholine rings is 1. The number of benzene rings is 1. The molecule has 3 unspecified atom stereocenters. The Kier molecular flexibility index (Phi) is 6.31. The lowest BCUT2D eigenvalue weighted by Gasteiger charge is -2.38. The molecular formula is C25H35N5O2. The molecule has 3 heterocycles. The van der Waals surface area contributed by atoms with Gasteiger partial charge in [-0.25, -0.2) is 4.68 Å². The molecule has 1 saturated carbocycles. The summed E-state index contributed by atoms with van der Waals surface area (Å²) in [6, 6.07) is 12.5. The van der Waals surface area contributed by atoms with Crippen LogP contribution in [0.4, 0.5) is 5.82 Å². The summed E-state index contributed by atoms with van der Waals surface area (Å²) >= 11 is 0. The molecule has 7 nitrogen and oxygen atoms in total. The van der Waals surface area contributed by atoms with Gasteiger partial charge in [0, 0.05) is 37.7 Å². The second-order valence-electron chi connectivity index (χ2n) is 9.77. The largest absolute Gasteiger partial charge is 0.373 e. The molecule has 7 heteroatoms. The van der Waals surface area contributed by atoms with E-state index in [1.807, 2.05) is 35.0 Å². The molecule has 1 amide bonds. The number of carbonyl (C=O) groups excluding carboxylic acids is 1. The van der Waals surface area contributed by atoms with E-state index in [1.54, 1.807) is 0 Å². The number of anilines is 1. The molecule has 2 aliphatic heterocycles. The lowest BCUT2D eigenvalue weighted by Crippen LogP contribution is -2.50. The topological polar surface area (TPSA) is 62.6 Å². The smallest absolute Gasteiger partial charge is 0.239 e. The first-order valence-corrected chi connectivity index (χ1v) is 12.1. The van der Waals surface area contributed by atoms with Crippen LogP contribution < -0.4 is 5.32 Å². The molecule has 5 rings (SSSR count). The quantitative estimate of drug-likeness (QED) is 0.720. The Morgan fingerprint density at radius 1 is 1.12 bits per heavy atom. The second-order valence-corrected chi connectivity index (χ2v) is 9.77. The van der Waals surface area contributed by atoms with Crippen LogP contribution in [0, 0.1) is 0 Å². The van der Waals surface area contributed by atoms with Gasteiger partial charge in [-0.2, -0.15) is 5.10 Å². The number of aromatic nitrogens is 2. The SMILES string of the molecule is CC1CN(CC2CCCN2CC(=O)Nc2cc(C3CC3)nn2-c2ccccc2)CC(C)O1. The number of amides is 1. The number of carbonyl (C=O) groups is 1. The van der Waals surface area contributed by atoms with Crippen molar-refractivity contribution >= 4 is 11.7 Å². The zero-order valence-electron chi connectivity index (χ0n) is 19.2. The highest BCUT2D eigenvalue weighted by molar-refractivity contribution is 5.91. The van der Waals surface area contributed by atoms with Crippen molar-refractivity contribution in [3.8, 4) is 5.69 Å². The molecule has 1 aromatic heterocycles. The number of para-hydroxylation sites is 1. The van der Waals surface area contributed by atoms with Crippen molar-refractivity contribution in [1.29, 1.82) is 0 Å². The van der Waals surface area contributed by atoms with Crippen LogP contribution in [0.25, 0.3) is 5.69 Å². The number of nitrogens with zero attached hydrogens (tertiary/aromatic N) is 4. The third kappa shape index (κ3) is 5.05. The van der Waals surface area contributed by atoms with Gasteiger partial charge in [-0.05, 0) is 58.2 Å². The zero-order valence-corrected chi connectivity index (χ0v) is 19.2. The van der Waals surface area contributed by atoms with E-state index in [0.717, 1.165) is 56.2 Å². The molecule has 32 heavy (non-hydrogen) atoms. The minimum absolute atomic E-state index is 0.0417. The second kappa shape index (κ2) is 9.33. The number of ether oxygens (including phenoxy) is 1. The van der Waals surface area contributed by atoms with E-state index in [9.17, 15) is 4.79 Å². The zero-order chi connectivity index (χ0) is 22.1. The normalized spacial score (nSPS) is 27.0. The Hall–Kier alpha value is -2.22. The van der Waals surface area contributed by atoms with Gasteiger partial charge in [-0.15, -0.1) is 0 Å². The molecule has 0 bridgehead atoms. The highest BCUT2D eigenvalue weighted by atomic mass is 16.5. The first kappa shape index (κ1) is 21.6. The molecule has 0 spiro atoms. The third-order valence-corrected chi connectivity index (χ3v) is 6.80. The number of rotatable bonds is 7. The van der Waals surface area contributed by atoms with Gasteiger partial charge in [-0.3, -0.25) is 14.6 Å². The molecular weight excluding hydrogens is 402 g/mol. The fourth-order valence-electron chi connectivity index (χ4n) is 5.24. The molecule has 1 N–H and O–H groups in total. The van der Waals surface area contributed by atoms with Gasteiger partial charge in [0.05, 0.1) is 30.1 Å². The van der Waals surface area contributed by atoms with Crippen LogP contribution >= 0.6 is 0 Å². The van der Waals surface area contributed by atoms with Crippen molar-refractivity contribution in [3.63, 3.8) is 0 Å². The molecule has 1 aliphatic carbocycles. The van der Waals surface area contributed by atoms with E-state index in [-0.39, 0.29) is 18.1 Å². The summed E-state index contributed by atoms with van der Waals surface area (Å²) in [5.41, 5.74) is 2.06. The van der Waals surface area contributed by atoms with Gasteiger partial charge in [0.25, 0.3) is 0 Å². The molecule has 172 valence electrons. The summed E-state index contributed by atoms with van der Waals surface area (Å²) in [5, 5.41) is 7.97. The van der Waals surface area contributed by atoms with E-state index < -0.39 is 0 Å². The summed E-state index contributed by atoms with van der Waals surface area (Å²) in [7, 11) is 0. The van der Waals surface area contributed by atoms with Crippen LogP contribution in [-0.4, -0.2) is 76.5 Å². The highest BCUT2D eigenvalue weighted by Gasteiger charge is 2.32. The fourth-order valence-corrected chi connectivity index (χ4v) is 5.24. The lowest BCUT2D eigenvalue weighted by molar-refractivity contribution is -0.118. The molecule has 1 aromatic carbocycles. The molecule has 2 aromatic rings. The van der Waals surface area contributed by atoms with Gasteiger partial charge < -0.3 is 10.1 Å². The van der Waals surface area contributed by atoms with Crippen molar-refractivity contribution in [2.24, 2.45) is 0 Å². The summed E-state index contributed by atoms with van der Waals surface area (Å²) < 4.78 is 7.76. The van der Waals surface area contributed by atoms with Gasteiger partial charge in [0.15, 0.2) is 0 Å². The molecule has 2 saturated heterocycles. The molecule has 3 atom stereocenters.